The van der Waals surface area contributed by atoms with Gasteiger partial charge in [0.25, 0.3) is 0 Å². The second kappa shape index (κ2) is 3.00. The van der Waals surface area contributed by atoms with Gasteiger partial charge in [0.15, 0.2) is 0 Å². The Morgan fingerprint density at radius 2 is 2.08 bits per heavy atom. The average Bonchev–Trinajstić information content (AvgIpc) is 2.64. The molecule has 0 aromatic carbocycles. The Kier molecular flexibility index (Phi) is 1.81. The highest BCUT2D eigenvalue weighted by molar-refractivity contribution is 5.83. The Balaban J connectivity index is 1.43. The Morgan fingerprint density at radius 3 is 2.77 bits per heavy atom. The number of nitrogens with zero attached hydrogens (tertiary/aromatic N) is 1. The molecule has 1 aliphatic heterocycles. The molecular weight excluding hydrogens is 160 g/mol. The number of hydrogen-bond acceptors (Lipinski definition) is 2. The van der Waals surface area contributed by atoms with E-state index in [-0.39, 0.29) is 0 Å². The zero-order valence-corrected chi connectivity index (χ0v) is 8.13. The van der Waals surface area contributed by atoms with Crippen LogP contribution in [0.2, 0.25) is 0 Å². The third kappa shape index (κ3) is 1.59. The van der Waals surface area contributed by atoms with Crippen LogP contribution in [0.4, 0.5) is 0 Å². The Labute approximate surface area is 79.8 Å². The van der Waals surface area contributed by atoms with Crippen LogP contribution in [-0.4, -0.2) is 18.9 Å². The molecule has 2 aliphatic carbocycles. The normalized spacial score (nSPS) is 41.5. The summed E-state index contributed by atoms with van der Waals surface area (Å²) in [5.74, 6) is 4.49. The van der Waals surface area contributed by atoms with Gasteiger partial charge in [-0.1, -0.05) is 0 Å². The molecule has 0 spiro atoms. The van der Waals surface area contributed by atoms with Crippen LogP contribution in [-0.2, 0) is 0 Å². The number of amidine groups is 1. The average molecular weight is 178 g/mol. The van der Waals surface area contributed by atoms with Crippen LogP contribution < -0.4 is 5.32 Å². The van der Waals surface area contributed by atoms with Gasteiger partial charge in [-0.2, -0.15) is 0 Å². The van der Waals surface area contributed by atoms with Crippen molar-refractivity contribution in [2.75, 3.05) is 13.1 Å². The lowest BCUT2D eigenvalue weighted by Gasteiger charge is -2.13. The summed E-state index contributed by atoms with van der Waals surface area (Å²) in [5.41, 5.74) is 0. The van der Waals surface area contributed by atoms with Crippen LogP contribution in [0.5, 0.6) is 0 Å². The van der Waals surface area contributed by atoms with Crippen LogP contribution in [0.3, 0.4) is 0 Å². The highest BCUT2D eigenvalue weighted by atomic mass is 15.0. The van der Waals surface area contributed by atoms with Gasteiger partial charge in [-0.3, -0.25) is 4.99 Å². The van der Waals surface area contributed by atoms with Crippen LogP contribution in [0.15, 0.2) is 4.99 Å². The third-order valence-electron chi connectivity index (χ3n) is 3.81. The van der Waals surface area contributed by atoms with Crippen molar-refractivity contribution in [3.63, 3.8) is 0 Å². The smallest absolute Gasteiger partial charge is 0.0963 e. The van der Waals surface area contributed by atoms with Crippen molar-refractivity contribution in [2.45, 2.75) is 32.1 Å². The molecule has 2 atom stereocenters. The lowest BCUT2D eigenvalue weighted by molar-refractivity contribution is 0.479. The van der Waals surface area contributed by atoms with Gasteiger partial charge in [0, 0.05) is 19.5 Å². The van der Waals surface area contributed by atoms with Crippen LogP contribution in [0.25, 0.3) is 0 Å². The summed E-state index contributed by atoms with van der Waals surface area (Å²) in [6.07, 6.45) is 6.98. The first kappa shape index (κ1) is 7.84. The molecule has 13 heavy (non-hydrogen) atoms. The molecular formula is C11H18N2. The van der Waals surface area contributed by atoms with Gasteiger partial charge in [0.05, 0.1) is 5.84 Å². The Hall–Kier alpha value is -0.530. The van der Waals surface area contributed by atoms with E-state index in [9.17, 15) is 0 Å². The molecule has 3 rings (SSSR count). The molecule has 0 bridgehead atoms. The van der Waals surface area contributed by atoms with Gasteiger partial charge in [-0.15, -0.1) is 0 Å². The number of fused-ring (bicyclic) bond motifs is 1. The summed E-state index contributed by atoms with van der Waals surface area (Å²) < 4.78 is 0. The van der Waals surface area contributed by atoms with Gasteiger partial charge in [-0.25, -0.2) is 0 Å². The van der Waals surface area contributed by atoms with Crippen LogP contribution in [0.1, 0.15) is 32.1 Å². The van der Waals surface area contributed by atoms with Crippen LogP contribution >= 0.6 is 0 Å². The van der Waals surface area contributed by atoms with E-state index in [0.29, 0.717) is 0 Å². The van der Waals surface area contributed by atoms with Crippen molar-refractivity contribution < 1.29 is 0 Å². The van der Waals surface area contributed by atoms with E-state index in [1.165, 1.54) is 44.5 Å². The molecule has 72 valence electrons. The molecule has 2 fully saturated rings. The molecule has 2 saturated carbocycles. The number of rotatable bonds is 2. The van der Waals surface area contributed by atoms with Gasteiger partial charge in [0.1, 0.15) is 0 Å². The first-order valence-corrected chi connectivity index (χ1v) is 5.69. The molecule has 1 heterocycles. The van der Waals surface area contributed by atoms with Gasteiger partial charge < -0.3 is 5.32 Å². The summed E-state index contributed by atoms with van der Waals surface area (Å²) in [4.78, 5) is 4.43. The maximum atomic E-state index is 4.43. The Bertz CT molecular complexity index is 224. The van der Waals surface area contributed by atoms with Gasteiger partial charge in [0.2, 0.25) is 0 Å². The molecule has 2 unspecified atom stereocenters. The highest BCUT2D eigenvalue weighted by Crippen LogP contribution is 2.54. The van der Waals surface area contributed by atoms with E-state index in [2.05, 4.69) is 10.3 Å². The fraction of sp³-hybridized carbons (Fsp3) is 0.909. The predicted molar refractivity (Wildman–Crippen MR) is 53.9 cm³/mol. The van der Waals surface area contributed by atoms with Crippen molar-refractivity contribution in [3.8, 4) is 0 Å². The molecule has 2 nitrogen and oxygen atoms in total. The van der Waals surface area contributed by atoms with Crippen molar-refractivity contribution in [1.29, 1.82) is 0 Å². The quantitative estimate of drug-likeness (QED) is 0.685. The van der Waals surface area contributed by atoms with E-state index >= 15 is 0 Å². The fourth-order valence-corrected chi connectivity index (χ4v) is 2.95. The standard InChI is InChI=1S/C11H18N2/c1-2-11(12-3-1)13-7-8-4-9-6-10(9)5-8/h8-10H,1-7H2,(H,12,13). The summed E-state index contributed by atoms with van der Waals surface area (Å²) in [5, 5.41) is 3.51. The number of hydrogen-bond donors (Lipinski definition) is 1. The van der Waals surface area contributed by atoms with Crippen molar-refractivity contribution in [2.24, 2.45) is 22.7 Å². The first-order valence-electron chi connectivity index (χ1n) is 5.69. The van der Waals surface area contributed by atoms with Crippen LogP contribution in [0, 0.1) is 17.8 Å². The Morgan fingerprint density at radius 1 is 1.23 bits per heavy atom. The monoisotopic (exact) mass is 178 g/mol. The minimum Gasteiger partial charge on any atom is -0.374 e. The molecule has 0 aromatic heterocycles. The molecule has 3 aliphatic rings. The fourth-order valence-electron chi connectivity index (χ4n) is 2.95. The molecule has 1 N–H and O–H groups in total. The second-order valence-electron chi connectivity index (χ2n) is 4.91. The van der Waals surface area contributed by atoms with E-state index in [1.807, 2.05) is 0 Å². The zero-order valence-electron chi connectivity index (χ0n) is 8.13. The van der Waals surface area contributed by atoms with E-state index in [1.54, 1.807) is 0 Å². The minimum atomic E-state index is 0.965. The molecule has 0 amide bonds. The van der Waals surface area contributed by atoms with Crippen molar-refractivity contribution in [1.82, 2.24) is 5.32 Å². The zero-order chi connectivity index (χ0) is 8.67. The number of nitrogens with one attached hydrogen (secondary N) is 1. The first-order chi connectivity index (χ1) is 6.42. The topological polar surface area (TPSA) is 24.4 Å². The van der Waals surface area contributed by atoms with E-state index < -0.39 is 0 Å². The lowest BCUT2D eigenvalue weighted by atomic mass is 10.0. The SMILES string of the molecule is C1CN=C(NCC2CC3CC3C2)C1. The van der Waals surface area contributed by atoms with Crippen molar-refractivity contribution in [3.05, 3.63) is 0 Å². The molecule has 0 saturated heterocycles. The summed E-state index contributed by atoms with van der Waals surface area (Å²) in [7, 11) is 0. The summed E-state index contributed by atoms with van der Waals surface area (Å²) in [6.45, 7) is 2.25. The summed E-state index contributed by atoms with van der Waals surface area (Å²) >= 11 is 0. The third-order valence-corrected chi connectivity index (χ3v) is 3.81. The van der Waals surface area contributed by atoms with Gasteiger partial charge >= 0.3 is 0 Å². The highest BCUT2D eigenvalue weighted by Gasteiger charge is 2.45. The molecule has 0 radical (unpaired) electrons. The summed E-state index contributed by atoms with van der Waals surface area (Å²) in [6, 6.07) is 0. The van der Waals surface area contributed by atoms with E-state index in [4.69, 9.17) is 0 Å². The van der Waals surface area contributed by atoms with E-state index in [0.717, 1.165) is 24.3 Å². The predicted octanol–water partition coefficient (Wildman–Crippen LogP) is 1.81. The minimum absolute atomic E-state index is 0.965. The second-order valence-corrected chi connectivity index (χ2v) is 4.91. The largest absolute Gasteiger partial charge is 0.374 e. The number of aliphatic imine (C=N–C) groups is 1. The molecule has 2 heteroatoms. The van der Waals surface area contributed by atoms with Gasteiger partial charge in [-0.05, 0) is 43.4 Å². The lowest BCUT2D eigenvalue weighted by Crippen LogP contribution is -2.27. The van der Waals surface area contributed by atoms with Crippen molar-refractivity contribution >= 4 is 5.84 Å². The maximum absolute atomic E-state index is 4.43. The maximum Gasteiger partial charge on any atom is 0.0963 e. The molecule has 0 aromatic rings.